The number of hydrogen-bond donors (Lipinski definition) is 1. The van der Waals surface area contributed by atoms with Crippen LogP contribution in [0.2, 0.25) is 5.02 Å². The van der Waals surface area contributed by atoms with Crippen LogP contribution in [0.15, 0.2) is 40.9 Å². The van der Waals surface area contributed by atoms with E-state index in [0.717, 1.165) is 15.6 Å². The van der Waals surface area contributed by atoms with Gasteiger partial charge in [0.1, 0.15) is 0 Å². The molecule has 2 rings (SSSR count). The van der Waals surface area contributed by atoms with Gasteiger partial charge in [0.2, 0.25) is 0 Å². The molecule has 0 fully saturated rings. The molecule has 6 heteroatoms. The van der Waals surface area contributed by atoms with Gasteiger partial charge in [0.25, 0.3) is 5.69 Å². The van der Waals surface area contributed by atoms with Crippen molar-refractivity contribution < 1.29 is 4.92 Å². The van der Waals surface area contributed by atoms with Gasteiger partial charge in [-0.15, -0.1) is 0 Å². The molecule has 1 N–H and O–H groups in total. The highest BCUT2D eigenvalue weighted by Gasteiger charge is 2.13. The molecule has 0 amide bonds. The summed E-state index contributed by atoms with van der Waals surface area (Å²) in [6.07, 6.45) is 0.633. The van der Waals surface area contributed by atoms with Crippen molar-refractivity contribution in [1.82, 2.24) is 0 Å². The van der Waals surface area contributed by atoms with Crippen molar-refractivity contribution in [1.29, 1.82) is 0 Å². The Morgan fingerprint density at radius 3 is 2.67 bits per heavy atom. The van der Waals surface area contributed by atoms with Gasteiger partial charge in [-0.1, -0.05) is 40.5 Å². The molecule has 4 nitrogen and oxygen atoms in total. The van der Waals surface area contributed by atoms with Gasteiger partial charge in [-0.25, -0.2) is 0 Å². The van der Waals surface area contributed by atoms with Crippen molar-refractivity contribution in [3.05, 3.63) is 67.1 Å². The summed E-state index contributed by atoms with van der Waals surface area (Å²) in [7, 11) is 0. The minimum Gasteiger partial charge on any atom is -0.381 e. The predicted molar refractivity (Wildman–Crippen MR) is 89.0 cm³/mol. The van der Waals surface area contributed by atoms with Crippen molar-refractivity contribution in [2.75, 3.05) is 5.32 Å². The van der Waals surface area contributed by atoms with Gasteiger partial charge in [0.05, 0.1) is 4.92 Å². The van der Waals surface area contributed by atoms with Gasteiger partial charge in [0, 0.05) is 33.4 Å². The van der Waals surface area contributed by atoms with Crippen molar-refractivity contribution in [2.45, 2.75) is 19.9 Å². The minimum absolute atomic E-state index is 0.142. The standard InChI is InChI=1S/C15H14BrClN2O2/c1-2-10-3-5-13(8-15(10)19(20)21)18-9-11-7-12(16)4-6-14(11)17/h3-8,18H,2,9H2,1H3. The number of aryl methyl sites for hydroxylation is 1. The number of rotatable bonds is 5. The summed E-state index contributed by atoms with van der Waals surface area (Å²) in [5.74, 6) is 0. The third-order valence-electron chi connectivity index (χ3n) is 3.15. The number of nitro groups is 1. The van der Waals surface area contributed by atoms with E-state index in [1.807, 2.05) is 31.2 Å². The van der Waals surface area contributed by atoms with Crippen LogP contribution in [-0.2, 0) is 13.0 Å². The van der Waals surface area contributed by atoms with Gasteiger partial charge < -0.3 is 5.32 Å². The Hall–Kier alpha value is -1.59. The summed E-state index contributed by atoms with van der Waals surface area (Å²) in [5.41, 5.74) is 2.50. The fourth-order valence-corrected chi connectivity index (χ4v) is 2.61. The molecule has 0 atom stereocenters. The molecule has 0 aliphatic heterocycles. The highest BCUT2D eigenvalue weighted by Crippen LogP contribution is 2.26. The number of anilines is 1. The van der Waals surface area contributed by atoms with Crippen LogP contribution in [0.3, 0.4) is 0 Å². The Bertz CT molecular complexity index is 677. The van der Waals surface area contributed by atoms with E-state index in [-0.39, 0.29) is 10.6 Å². The summed E-state index contributed by atoms with van der Waals surface area (Å²) in [5, 5.41) is 14.9. The van der Waals surface area contributed by atoms with Crippen LogP contribution in [0, 0.1) is 10.1 Å². The Morgan fingerprint density at radius 2 is 2.00 bits per heavy atom. The predicted octanol–water partition coefficient (Wildman–Crippen LogP) is 5.19. The van der Waals surface area contributed by atoms with E-state index >= 15 is 0 Å². The molecule has 2 aromatic rings. The van der Waals surface area contributed by atoms with E-state index in [4.69, 9.17) is 11.6 Å². The molecule has 110 valence electrons. The van der Waals surface area contributed by atoms with Crippen molar-refractivity contribution in [2.24, 2.45) is 0 Å². The second kappa shape index (κ2) is 6.91. The molecule has 0 aliphatic rings. The van der Waals surface area contributed by atoms with Crippen LogP contribution in [0.1, 0.15) is 18.1 Å². The molecule has 0 saturated heterocycles. The highest BCUT2D eigenvalue weighted by molar-refractivity contribution is 9.10. The second-order valence-electron chi connectivity index (χ2n) is 4.54. The quantitative estimate of drug-likeness (QED) is 0.583. The number of nitrogens with one attached hydrogen (secondary N) is 1. The molecule has 0 saturated carbocycles. The number of benzene rings is 2. The average molecular weight is 370 g/mol. The zero-order chi connectivity index (χ0) is 15.4. The number of halogens is 2. The third kappa shape index (κ3) is 3.95. The smallest absolute Gasteiger partial charge is 0.274 e. The zero-order valence-corrected chi connectivity index (χ0v) is 13.7. The van der Waals surface area contributed by atoms with Crippen molar-refractivity contribution >= 4 is 38.9 Å². The van der Waals surface area contributed by atoms with E-state index in [0.29, 0.717) is 23.7 Å². The fraction of sp³-hybridized carbons (Fsp3) is 0.200. The first kappa shape index (κ1) is 15.8. The Balaban J connectivity index is 2.18. The number of nitrogens with zero attached hydrogens (tertiary/aromatic N) is 1. The molecule has 0 heterocycles. The number of nitro benzene ring substituents is 1. The first-order chi connectivity index (χ1) is 10.0. The van der Waals surface area contributed by atoms with Gasteiger partial charge in [-0.05, 0) is 36.2 Å². The largest absolute Gasteiger partial charge is 0.381 e. The maximum Gasteiger partial charge on any atom is 0.274 e. The minimum atomic E-state index is -0.351. The van der Waals surface area contributed by atoms with E-state index in [1.165, 1.54) is 0 Å². The molecule has 2 aromatic carbocycles. The van der Waals surface area contributed by atoms with E-state index < -0.39 is 0 Å². The SMILES string of the molecule is CCc1ccc(NCc2cc(Br)ccc2Cl)cc1[N+](=O)[O-]. The number of hydrogen-bond acceptors (Lipinski definition) is 3. The van der Waals surface area contributed by atoms with Gasteiger partial charge in [-0.2, -0.15) is 0 Å². The lowest BCUT2D eigenvalue weighted by molar-refractivity contribution is -0.385. The zero-order valence-electron chi connectivity index (χ0n) is 11.4. The molecular weight excluding hydrogens is 356 g/mol. The maximum atomic E-state index is 11.1. The van der Waals surface area contributed by atoms with Gasteiger partial charge in [0.15, 0.2) is 0 Å². The van der Waals surface area contributed by atoms with Gasteiger partial charge in [-0.3, -0.25) is 10.1 Å². The normalized spacial score (nSPS) is 10.4. The molecule has 0 radical (unpaired) electrons. The molecule has 0 bridgehead atoms. The first-order valence-corrected chi connectivity index (χ1v) is 7.63. The van der Waals surface area contributed by atoms with Gasteiger partial charge >= 0.3 is 0 Å². The first-order valence-electron chi connectivity index (χ1n) is 6.46. The Labute approximate surface area is 136 Å². The van der Waals surface area contributed by atoms with Crippen LogP contribution in [0.25, 0.3) is 0 Å². The lowest BCUT2D eigenvalue weighted by Crippen LogP contribution is -2.02. The molecule has 0 unspecified atom stereocenters. The van der Waals surface area contributed by atoms with Crippen LogP contribution in [0.4, 0.5) is 11.4 Å². The summed E-state index contributed by atoms with van der Waals surface area (Å²) in [6.45, 7) is 2.40. The summed E-state index contributed by atoms with van der Waals surface area (Å²) < 4.78 is 0.941. The Morgan fingerprint density at radius 1 is 1.24 bits per heavy atom. The van der Waals surface area contributed by atoms with Crippen LogP contribution >= 0.6 is 27.5 Å². The lowest BCUT2D eigenvalue weighted by Gasteiger charge is -2.09. The van der Waals surface area contributed by atoms with Crippen molar-refractivity contribution in [3.8, 4) is 0 Å². The monoisotopic (exact) mass is 368 g/mol. The van der Waals surface area contributed by atoms with Crippen LogP contribution in [-0.4, -0.2) is 4.92 Å². The third-order valence-corrected chi connectivity index (χ3v) is 4.02. The molecular formula is C15H14BrClN2O2. The lowest BCUT2D eigenvalue weighted by atomic mass is 10.1. The fourth-order valence-electron chi connectivity index (χ4n) is 2.02. The average Bonchev–Trinajstić information content (AvgIpc) is 2.47. The maximum absolute atomic E-state index is 11.1. The van der Waals surface area contributed by atoms with E-state index in [9.17, 15) is 10.1 Å². The van der Waals surface area contributed by atoms with Crippen molar-refractivity contribution in [3.63, 3.8) is 0 Å². The summed E-state index contributed by atoms with van der Waals surface area (Å²) >= 11 is 9.52. The van der Waals surface area contributed by atoms with Crippen LogP contribution in [0.5, 0.6) is 0 Å². The highest BCUT2D eigenvalue weighted by atomic mass is 79.9. The molecule has 0 aromatic heterocycles. The molecule has 21 heavy (non-hydrogen) atoms. The topological polar surface area (TPSA) is 55.2 Å². The summed E-state index contributed by atoms with van der Waals surface area (Å²) in [4.78, 5) is 10.7. The van der Waals surface area contributed by atoms with Crippen LogP contribution < -0.4 is 5.32 Å². The Kier molecular flexibility index (Phi) is 5.20. The van der Waals surface area contributed by atoms with E-state index in [2.05, 4.69) is 21.2 Å². The summed E-state index contributed by atoms with van der Waals surface area (Å²) in [6, 6.07) is 10.8. The molecule has 0 aliphatic carbocycles. The second-order valence-corrected chi connectivity index (χ2v) is 5.87. The van der Waals surface area contributed by atoms with E-state index in [1.54, 1.807) is 12.1 Å². The molecule has 0 spiro atoms.